The molecule has 2 N–H and O–H groups in total. The molecule has 0 radical (unpaired) electrons. The fourth-order valence-corrected chi connectivity index (χ4v) is 4.99. The van der Waals surface area contributed by atoms with Gasteiger partial charge < -0.3 is 19.9 Å². The quantitative estimate of drug-likeness (QED) is 0.633. The minimum Gasteiger partial charge on any atom is -0.493 e. The first-order valence-corrected chi connectivity index (χ1v) is 11.2. The lowest BCUT2D eigenvalue weighted by atomic mass is 9.68. The van der Waals surface area contributed by atoms with Crippen molar-refractivity contribution >= 4 is 17.4 Å². The van der Waals surface area contributed by atoms with Gasteiger partial charge in [-0.1, -0.05) is 32.0 Å². The average Bonchev–Trinajstić information content (AvgIpc) is 2.82. The number of nitrogens with two attached hydrogens (primary N) is 1. The van der Waals surface area contributed by atoms with Gasteiger partial charge in [-0.3, -0.25) is 9.69 Å². The van der Waals surface area contributed by atoms with Gasteiger partial charge in [0.15, 0.2) is 17.3 Å². The number of nitrogens with zero attached hydrogens (tertiary/aromatic N) is 1. The fourth-order valence-electron chi connectivity index (χ4n) is 4.99. The number of esters is 1. The van der Waals surface area contributed by atoms with Crippen molar-refractivity contribution in [1.29, 1.82) is 0 Å². The minimum absolute atomic E-state index is 0.0194. The number of para-hydroxylation sites is 1. The molecule has 0 amide bonds. The van der Waals surface area contributed by atoms with E-state index < -0.39 is 17.7 Å². The van der Waals surface area contributed by atoms with Crippen LogP contribution in [0, 0.1) is 11.2 Å². The largest absolute Gasteiger partial charge is 0.493 e. The zero-order valence-electron chi connectivity index (χ0n) is 20.5. The number of hydrogen-bond donors (Lipinski definition) is 1. The van der Waals surface area contributed by atoms with E-state index in [0.29, 0.717) is 34.8 Å². The van der Waals surface area contributed by atoms with Crippen molar-refractivity contribution in [2.75, 3.05) is 26.2 Å². The third kappa shape index (κ3) is 4.13. The molecule has 2 aliphatic rings. The molecule has 2 aromatic rings. The lowest BCUT2D eigenvalue weighted by Gasteiger charge is -2.44. The molecular weight excluding hydrogens is 451 g/mol. The minimum atomic E-state index is -0.816. The van der Waals surface area contributed by atoms with Crippen molar-refractivity contribution in [2.24, 2.45) is 11.1 Å². The van der Waals surface area contributed by atoms with Crippen LogP contribution in [0.15, 0.2) is 65.1 Å². The van der Waals surface area contributed by atoms with Crippen LogP contribution in [0.2, 0.25) is 0 Å². The predicted molar refractivity (Wildman–Crippen MR) is 129 cm³/mol. The standard InChI is InChI=1S/C27H29FN2O5/c1-27(2)13-18-23(19(31)14-27)22(15-10-11-20(33-3)21(12-15)34-4)24(26(32)35-5)25(29)30(18)17-9-7-6-8-16(17)28/h6-12,22H,13-14,29H2,1-5H3/t22-/m1/s1. The molecule has 7 nitrogen and oxygen atoms in total. The van der Waals surface area contributed by atoms with Crippen molar-refractivity contribution in [2.45, 2.75) is 32.6 Å². The van der Waals surface area contributed by atoms with Crippen molar-refractivity contribution < 1.29 is 28.2 Å². The second-order valence-electron chi connectivity index (χ2n) is 9.43. The lowest BCUT2D eigenvalue weighted by molar-refractivity contribution is -0.136. The smallest absolute Gasteiger partial charge is 0.338 e. The van der Waals surface area contributed by atoms with Crippen LogP contribution < -0.4 is 20.1 Å². The summed E-state index contributed by atoms with van der Waals surface area (Å²) in [5.74, 6) is -1.21. The summed E-state index contributed by atoms with van der Waals surface area (Å²) in [7, 11) is 4.28. The molecule has 0 fully saturated rings. The molecule has 1 aliphatic heterocycles. The number of rotatable bonds is 5. The average molecular weight is 481 g/mol. The molecule has 35 heavy (non-hydrogen) atoms. The summed E-state index contributed by atoms with van der Waals surface area (Å²) in [6.45, 7) is 3.96. The Morgan fingerprint density at radius 3 is 2.37 bits per heavy atom. The van der Waals surface area contributed by atoms with Gasteiger partial charge in [0.1, 0.15) is 11.6 Å². The monoisotopic (exact) mass is 480 g/mol. The van der Waals surface area contributed by atoms with Crippen LogP contribution in [0.4, 0.5) is 10.1 Å². The Labute approximate surface area is 204 Å². The fraction of sp³-hybridized carbons (Fsp3) is 0.333. The van der Waals surface area contributed by atoms with Gasteiger partial charge in [0.2, 0.25) is 0 Å². The third-order valence-corrected chi connectivity index (χ3v) is 6.50. The summed E-state index contributed by atoms with van der Waals surface area (Å²) in [5, 5.41) is 0. The number of anilines is 1. The molecule has 1 atom stereocenters. The number of ether oxygens (including phenoxy) is 3. The predicted octanol–water partition coefficient (Wildman–Crippen LogP) is 4.43. The second kappa shape index (κ2) is 9.09. The van der Waals surface area contributed by atoms with Gasteiger partial charge in [0.25, 0.3) is 0 Å². The van der Waals surface area contributed by atoms with Crippen molar-refractivity contribution in [3.05, 3.63) is 76.5 Å². The van der Waals surface area contributed by atoms with Crippen molar-refractivity contribution in [3.8, 4) is 11.5 Å². The maximum absolute atomic E-state index is 15.0. The van der Waals surface area contributed by atoms with E-state index in [1.54, 1.807) is 36.4 Å². The second-order valence-corrected chi connectivity index (χ2v) is 9.43. The molecule has 8 heteroatoms. The van der Waals surface area contributed by atoms with Crippen molar-refractivity contribution in [3.63, 3.8) is 0 Å². The zero-order valence-corrected chi connectivity index (χ0v) is 20.5. The number of Topliss-reactive ketones (excluding diaryl/α,β-unsaturated/α-hetero) is 1. The van der Waals surface area contributed by atoms with E-state index in [9.17, 15) is 9.59 Å². The van der Waals surface area contributed by atoms with E-state index in [1.165, 1.54) is 32.3 Å². The van der Waals surface area contributed by atoms with Crippen LogP contribution in [0.3, 0.4) is 0 Å². The number of carbonyl (C=O) groups is 2. The summed E-state index contributed by atoms with van der Waals surface area (Å²) in [6, 6.07) is 11.3. The highest BCUT2D eigenvalue weighted by atomic mass is 19.1. The summed E-state index contributed by atoms with van der Waals surface area (Å²) in [5.41, 5.74) is 8.05. The highest BCUT2D eigenvalue weighted by Gasteiger charge is 2.47. The SMILES string of the molecule is COC(=O)C1=C(N)N(c2ccccc2F)C2=C(C(=O)CC(C)(C)C2)[C@H]1c1ccc(OC)c(OC)c1. The number of benzene rings is 2. The Balaban J connectivity index is 2.05. The van der Waals surface area contributed by atoms with Crippen LogP contribution in [-0.2, 0) is 14.3 Å². The maximum Gasteiger partial charge on any atom is 0.338 e. The number of ketones is 1. The molecule has 2 aromatic carbocycles. The first-order chi connectivity index (χ1) is 16.6. The molecule has 0 spiro atoms. The van der Waals surface area contributed by atoms with Gasteiger partial charge >= 0.3 is 5.97 Å². The van der Waals surface area contributed by atoms with Gasteiger partial charge in [-0.2, -0.15) is 0 Å². The number of carbonyl (C=O) groups excluding carboxylic acids is 2. The zero-order chi connectivity index (χ0) is 25.5. The number of hydrogen-bond acceptors (Lipinski definition) is 7. The van der Waals surface area contributed by atoms with Crippen molar-refractivity contribution in [1.82, 2.24) is 0 Å². The van der Waals surface area contributed by atoms with Crippen LogP contribution in [0.5, 0.6) is 11.5 Å². The summed E-state index contributed by atoms with van der Waals surface area (Å²) >= 11 is 0. The molecule has 0 saturated heterocycles. The van der Waals surface area contributed by atoms with Gasteiger partial charge in [0.05, 0.1) is 38.5 Å². The van der Waals surface area contributed by atoms with Crippen LogP contribution in [0.25, 0.3) is 0 Å². The van der Waals surface area contributed by atoms with E-state index in [4.69, 9.17) is 19.9 Å². The topological polar surface area (TPSA) is 91.1 Å². The normalized spacial score (nSPS) is 19.4. The summed E-state index contributed by atoms with van der Waals surface area (Å²) in [4.78, 5) is 28.3. The molecule has 0 saturated carbocycles. The van der Waals surface area contributed by atoms with E-state index in [1.807, 2.05) is 13.8 Å². The Morgan fingerprint density at radius 1 is 1.06 bits per heavy atom. The Hall–Kier alpha value is -3.81. The number of allylic oxidation sites excluding steroid dienone is 2. The van der Waals surface area contributed by atoms with Gasteiger partial charge in [-0.25, -0.2) is 9.18 Å². The van der Waals surface area contributed by atoms with Gasteiger partial charge in [0, 0.05) is 17.7 Å². The highest BCUT2D eigenvalue weighted by molar-refractivity contribution is 6.05. The Bertz CT molecular complexity index is 1260. The lowest BCUT2D eigenvalue weighted by Crippen LogP contribution is -2.44. The summed E-state index contributed by atoms with van der Waals surface area (Å²) in [6.07, 6.45) is 0.733. The molecule has 1 aliphatic carbocycles. The first-order valence-electron chi connectivity index (χ1n) is 11.2. The molecule has 1 heterocycles. The highest BCUT2D eigenvalue weighted by Crippen LogP contribution is 2.51. The van der Waals surface area contributed by atoms with E-state index in [0.717, 1.165) is 0 Å². The number of methoxy groups -OCH3 is 3. The first kappa shape index (κ1) is 24.3. The molecule has 0 aromatic heterocycles. The van der Waals surface area contributed by atoms with E-state index in [2.05, 4.69) is 0 Å². The third-order valence-electron chi connectivity index (χ3n) is 6.50. The molecule has 0 unspecified atom stereocenters. The molecular formula is C27H29FN2O5. The Morgan fingerprint density at radius 2 is 1.74 bits per heavy atom. The Kier molecular flexibility index (Phi) is 6.32. The maximum atomic E-state index is 15.0. The van der Waals surface area contributed by atoms with Crippen LogP contribution >= 0.6 is 0 Å². The van der Waals surface area contributed by atoms with E-state index >= 15 is 4.39 Å². The van der Waals surface area contributed by atoms with Gasteiger partial charge in [-0.15, -0.1) is 0 Å². The molecule has 4 rings (SSSR count). The van der Waals surface area contributed by atoms with Crippen LogP contribution in [-0.4, -0.2) is 33.1 Å². The summed E-state index contributed by atoms with van der Waals surface area (Å²) < 4.78 is 31.0. The molecule has 184 valence electrons. The van der Waals surface area contributed by atoms with Crippen LogP contribution in [0.1, 0.15) is 38.2 Å². The molecule has 0 bridgehead atoms. The van der Waals surface area contributed by atoms with E-state index in [-0.39, 0.29) is 34.7 Å². The number of halogens is 1. The van der Waals surface area contributed by atoms with Gasteiger partial charge in [-0.05, 0) is 41.7 Å².